The number of nitrogens with one attached hydrogen (secondary N) is 2. The average molecular weight is 350 g/mol. The van der Waals surface area contributed by atoms with Crippen LogP contribution in [0.2, 0.25) is 0 Å². The van der Waals surface area contributed by atoms with Gasteiger partial charge in [0.15, 0.2) is 0 Å². The molecule has 0 bridgehead atoms. The average Bonchev–Trinajstić information content (AvgIpc) is 2.40. The molecule has 6 heteroatoms. The maximum absolute atomic E-state index is 12.2. The lowest BCUT2D eigenvalue weighted by Crippen LogP contribution is -2.42. The van der Waals surface area contributed by atoms with E-state index in [9.17, 15) is 4.79 Å². The Bertz CT molecular complexity index is 437. The van der Waals surface area contributed by atoms with E-state index in [1.54, 1.807) is 13.2 Å². The fraction of sp³-hybridized carbons (Fsp3) is 0.462. The maximum Gasteiger partial charge on any atom is 0.252 e. The summed E-state index contributed by atoms with van der Waals surface area (Å²) in [5.41, 5.74) is 0.618. The molecule has 1 heterocycles. The van der Waals surface area contributed by atoms with Gasteiger partial charge in [-0.2, -0.15) is 0 Å². The Labute approximate surface area is 127 Å². The quantitative estimate of drug-likeness (QED) is 0.881. The zero-order valence-electron chi connectivity index (χ0n) is 10.7. The van der Waals surface area contributed by atoms with Crippen LogP contribution >= 0.6 is 28.3 Å². The minimum absolute atomic E-state index is 0. The van der Waals surface area contributed by atoms with E-state index >= 15 is 0 Å². The van der Waals surface area contributed by atoms with Crippen LogP contribution < -0.4 is 15.4 Å². The van der Waals surface area contributed by atoms with Crippen LogP contribution in [0.3, 0.4) is 0 Å². The molecule has 0 aliphatic carbocycles. The van der Waals surface area contributed by atoms with Gasteiger partial charge in [0, 0.05) is 10.5 Å². The third-order valence-corrected chi connectivity index (χ3v) is 3.78. The van der Waals surface area contributed by atoms with E-state index in [-0.39, 0.29) is 24.4 Å². The van der Waals surface area contributed by atoms with Crippen LogP contribution in [0.4, 0.5) is 0 Å². The molecule has 1 aromatic carbocycles. The Morgan fingerprint density at radius 3 is 2.74 bits per heavy atom. The molecular formula is C13H18BrClN2O2. The Balaban J connectivity index is 0.00000180. The second kappa shape index (κ2) is 7.72. The lowest BCUT2D eigenvalue weighted by molar-refractivity contribution is 0.0928. The minimum atomic E-state index is -0.0484. The van der Waals surface area contributed by atoms with Gasteiger partial charge in [0.05, 0.1) is 12.7 Å². The van der Waals surface area contributed by atoms with Crippen LogP contribution in [0.1, 0.15) is 23.2 Å². The van der Waals surface area contributed by atoms with Crippen LogP contribution in [-0.2, 0) is 0 Å². The SMILES string of the molecule is COc1ccc(Br)c(C(=O)NC2CCNCC2)c1.Cl. The zero-order valence-corrected chi connectivity index (χ0v) is 13.1. The number of benzene rings is 1. The molecule has 0 spiro atoms. The highest BCUT2D eigenvalue weighted by Gasteiger charge is 2.18. The molecule has 1 amide bonds. The molecule has 2 rings (SSSR count). The van der Waals surface area contributed by atoms with Gasteiger partial charge in [-0.15, -0.1) is 12.4 Å². The molecule has 2 N–H and O–H groups in total. The fourth-order valence-electron chi connectivity index (χ4n) is 2.03. The van der Waals surface area contributed by atoms with Crippen molar-refractivity contribution in [3.05, 3.63) is 28.2 Å². The monoisotopic (exact) mass is 348 g/mol. The van der Waals surface area contributed by atoms with Crippen LogP contribution in [0, 0.1) is 0 Å². The van der Waals surface area contributed by atoms with Crippen LogP contribution in [0.5, 0.6) is 5.75 Å². The lowest BCUT2D eigenvalue weighted by atomic mass is 10.1. The van der Waals surface area contributed by atoms with Crippen LogP contribution in [-0.4, -0.2) is 32.1 Å². The molecule has 106 valence electrons. The third-order valence-electron chi connectivity index (χ3n) is 3.09. The molecule has 1 saturated heterocycles. The number of methoxy groups -OCH3 is 1. The number of amides is 1. The molecule has 4 nitrogen and oxygen atoms in total. The van der Waals surface area contributed by atoms with E-state index in [2.05, 4.69) is 26.6 Å². The first-order valence-electron chi connectivity index (χ1n) is 6.06. The summed E-state index contributed by atoms with van der Waals surface area (Å²) >= 11 is 3.40. The van der Waals surface area contributed by atoms with Gasteiger partial charge in [-0.1, -0.05) is 0 Å². The predicted molar refractivity (Wildman–Crippen MR) is 81.3 cm³/mol. The largest absolute Gasteiger partial charge is 0.497 e. The molecule has 0 radical (unpaired) electrons. The van der Waals surface area contributed by atoms with Gasteiger partial charge >= 0.3 is 0 Å². The van der Waals surface area contributed by atoms with E-state index in [0.717, 1.165) is 30.4 Å². The van der Waals surface area contributed by atoms with E-state index in [4.69, 9.17) is 4.74 Å². The van der Waals surface area contributed by atoms with E-state index in [1.165, 1.54) is 0 Å². The number of rotatable bonds is 3. The van der Waals surface area contributed by atoms with Crippen molar-refractivity contribution in [3.63, 3.8) is 0 Å². The normalized spacial score (nSPS) is 15.5. The smallest absolute Gasteiger partial charge is 0.252 e. The summed E-state index contributed by atoms with van der Waals surface area (Å²) < 4.78 is 5.93. The molecular weight excluding hydrogens is 332 g/mol. The van der Waals surface area contributed by atoms with Gasteiger partial charge in [0.1, 0.15) is 5.75 Å². The second-order valence-corrected chi connectivity index (χ2v) is 5.20. The first-order valence-corrected chi connectivity index (χ1v) is 6.85. The van der Waals surface area contributed by atoms with E-state index in [1.807, 2.05) is 12.1 Å². The van der Waals surface area contributed by atoms with Crippen molar-refractivity contribution in [3.8, 4) is 5.75 Å². The van der Waals surface area contributed by atoms with Crippen molar-refractivity contribution in [2.24, 2.45) is 0 Å². The molecule has 19 heavy (non-hydrogen) atoms. The number of halogens is 2. The summed E-state index contributed by atoms with van der Waals surface area (Å²) in [4.78, 5) is 12.2. The Hall–Kier alpha value is -0.780. The van der Waals surface area contributed by atoms with Crippen molar-refractivity contribution in [1.29, 1.82) is 0 Å². The van der Waals surface area contributed by atoms with Crippen LogP contribution in [0.15, 0.2) is 22.7 Å². The number of carbonyl (C=O) groups is 1. The molecule has 0 unspecified atom stereocenters. The minimum Gasteiger partial charge on any atom is -0.497 e. The molecule has 0 saturated carbocycles. The lowest BCUT2D eigenvalue weighted by Gasteiger charge is -2.23. The van der Waals surface area contributed by atoms with Gasteiger partial charge < -0.3 is 15.4 Å². The first-order chi connectivity index (χ1) is 8.70. The topological polar surface area (TPSA) is 50.4 Å². The number of piperidine rings is 1. The zero-order chi connectivity index (χ0) is 13.0. The molecule has 1 aliphatic heterocycles. The van der Waals surface area contributed by atoms with Gasteiger partial charge in [0.2, 0.25) is 0 Å². The molecule has 1 fully saturated rings. The van der Waals surface area contributed by atoms with Gasteiger partial charge in [-0.05, 0) is 60.1 Å². The van der Waals surface area contributed by atoms with Crippen molar-refractivity contribution in [2.45, 2.75) is 18.9 Å². The van der Waals surface area contributed by atoms with Gasteiger partial charge in [0.25, 0.3) is 5.91 Å². The van der Waals surface area contributed by atoms with E-state index in [0.29, 0.717) is 11.3 Å². The summed E-state index contributed by atoms with van der Waals surface area (Å²) in [5, 5.41) is 6.34. The number of hydrogen-bond acceptors (Lipinski definition) is 3. The fourth-order valence-corrected chi connectivity index (χ4v) is 2.46. The van der Waals surface area contributed by atoms with Crippen LogP contribution in [0.25, 0.3) is 0 Å². The molecule has 0 aromatic heterocycles. The summed E-state index contributed by atoms with van der Waals surface area (Å²) in [6, 6.07) is 5.67. The Kier molecular flexibility index (Phi) is 6.62. The summed E-state index contributed by atoms with van der Waals surface area (Å²) in [6.45, 7) is 1.93. The Morgan fingerprint density at radius 2 is 2.11 bits per heavy atom. The standard InChI is InChI=1S/C13H17BrN2O2.ClH/c1-18-10-2-3-12(14)11(8-10)13(17)16-9-4-6-15-7-5-9;/h2-3,8-9,15H,4-7H2,1H3,(H,16,17);1H. The highest BCUT2D eigenvalue weighted by Crippen LogP contribution is 2.22. The summed E-state index contributed by atoms with van der Waals surface area (Å²) in [5.74, 6) is 0.640. The predicted octanol–water partition coefficient (Wildman–Crippen LogP) is 2.36. The van der Waals surface area contributed by atoms with Crippen molar-refractivity contribution in [1.82, 2.24) is 10.6 Å². The molecule has 1 aliphatic rings. The third kappa shape index (κ3) is 4.37. The Morgan fingerprint density at radius 1 is 1.42 bits per heavy atom. The van der Waals surface area contributed by atoms with Crippen molar-refractivity contribution >= 4 is 34.2 Å². The highest BCUT2D eigenvalue weighted by atomic mass is 79.9. The molecule has 1 aromatic rings. The van der Waals surface area contributed by atoms with Crippen molar-refractivity contribution < 1.29 is 9.53 Å². The summed E-state index contributed by atoms with van der Waals surface area (Å²) in [6.07, 6.45) is 1.96. The highest BCUT2D eigenvalue weighted by molar-refractivity contribution is 9.10. The van der Waals surface area contributed by atoms with Gasteiger partial charge in [-0.3, -0.25) is 4.79 Å². The number of carbonyl (C=O) groups excluding carboxylic acids is 1. The second-order valence-electron chi connectivity index (χ2n) is 4.34. The number of hydrogen-bond donors (Lipinski definition) is 2. The summed E-state index contributed by atoms with van der Waals surface area (Å²) in [7, 11) is 1.59. The molecule has 0 atom stereocenters. The van der Waals surface area contributed by atoms with Crippen molar-refractivity contribution in [2.75, 3.05) is 20.2 Å². The first kappa shape index (κ1) is 16.3. The number of ether oxygens (including phenoxy) is 1. The van der Waals surface area contributed by atoms with Gasteiger partial charge in [-0.25, -0.2) is 0 Å². The maximum atomic E-state index is 12.2. The van der Waals surface area contributed by atoms with E-state index < -0.39 is 0 Å².